The molecule has 0 aliphatic carbocycles. The number of nitrogens with zero attached hydrogens (tertiary/aromatic N) is 3. The first-order valence-electron chi connectivity index (χ1n) is 6.44. The second-order valence-electron chi connectivity index (χ2n) is 4.89. The third-order valence-corrected chi connectivity index (χ3v) is 3.40. The number of alkyl halides is 1. The minimum Gasteiger partial charge on any atom is -0.291 e. The molecule has 1 aromatic heterocycles. The number of para-hydroxylation sites is 1. The van der Waals surface area contributed by atoms with Crippen molar-refractivity contribution in [2.75, 3.05) is 10.8 Å². The molecule has 0 bridgehead atoms. The van der Waals surface area contributed by atoms with Gasteiger partial charge >= 0.3 is 0 Å². The molecule has 0 saturated heterocycles. The maximum Gasteiger partial charge on any atom is 0.243 e. The third-order valence-electron chi connectivity index (χ3n) is 3.17. The van der Waals surface area contributed by atoms with Crippen LogP contribution in [0.5, 0.6) is 0 Å². The molecule has 5 heteroatoms. The lowest BCUT2D eigenvalue weighted by atomic mass is 10.1. The van der Waals surface area contributed by atoms with E-state index in [0.717, 1.165) is 22.4 Å². The van der Waals surface area contributed by atoms with E-state index in [1.165, 1.54) is 0 Å². The summed E-state index contributed by atoms with van der Waals surface area (Å²) in [5, 5.41) is 4.24. The average Bonchev–Trinajstić information content (AvgIpc) is 2.82. The number of halogens is 1. The second-order valence-corrected chi connectivity index (χ2v) is 5.16. The first-order chi connectivity index (χ1) is 9.52. The fourth-order valence-corrected chi connectivity index (χ4v) is 2.41. The quantitative estimate of drug-likeness (QED) is 0.812. The fraction of sp³-hybridized carbons (Fsp3) is 0.333. The van der Waals surface area contributed by atoms with Gasteiger partial charge in [0.2, 0.25) is 5.91 Å². The van der Waals surface area contributed by atoms with Crippen molar-refractivity contribution in [1.29, 1.82) is 0 Å². The van der Waals surface area contributed by atoms with E-state index < -0.39 is 0 Å². The largest absolute Gasteiger partial charge is 0.291 e. The minimum absolute atomic E-state index is 0.0476. The first kappa shape index (κ1) is 14.6. The molecule has 1 heterocycles. The monoisotopic (exact) mass is 291 g/mol. The molecule has 0 N–H and O–H groups in total. The van der Waals surface area contributed by atoms with Gasteiger partial charge in [0.15, 0.2) is 0 Å². The zero-order valence-corrected chi connectivity index (χ0v) is 12.7. The molecule has 1 amide bonds. The highest BCUT2D eigenvalue weighted by Gasteiger charge is 2.19. The molecule has 2 rings (SSSR count). The predicted octanol–water partition coefficient (Wildman–Crippen LogP) is 3.04. The zero-order valence-electron chi connectivity index (χ0n) is 11.9. The lowest BCUT2D eigenvalue weighted by Crippen LogP contribution is -2.35. The molecular formula is C15H18ClN3O. The SMILES string of the molecule is Cc1cnn(CN(C(=O)CCl)c2c(C)cccc2C)c1. The molecule has 1 aromatic carbocycles. The van der Waals surface area contributed by atoms with Gasteiger partial charge in [-0.25, -0.2) is 0 Å². The van der Waals surface area contributed by atoms with Gasteiger partial charge in [0, 0.05) is 6.20 Å². The van der Waals surface area contributed by atoms with Gasteiger partial charge in [0.05, 0.1) is 11.9 Å². The Morgan fingerprint density at radius 2 is 1.95 bits per heavy atom. The van der Waals surface area contributed by atoms with Crippen molar-refractivity contribution in [2.45, 2.75) is 27.4 Å². The van der Waals surface area contributed by atoms with Crippen molar-refractivity contribution < 1.29 is 4.79 Å². The van der Waals surface area contributed by atoms with Crippen LogP contribution in [0, 0.1) is 20.8 Å². The lowest BCUT2D eigenvalue weighted by molar-refractivity contribution is -0.116. The summed E-state index contributed by atoms with van der Waals surface area (Å²) in [6.45, 7) is 6.32. The van der Waals surface area contributed by atoms with Crippen LogP contribution in [0.1, 0.15) is 16.7 Å². The summed E-state index contributed by atoms with van der Waals surface area (Å²) in [5.41, 5.74) is 4.07. The number of aromatic nitrogens is 2. The van der Waals surface area contributed by atoms with Crippen LogP contribution in [0.4, 0.5) is 5.69 Å². The van der Waals surface area contributed by atoms with Gasteiger partial charge in [-0.1, -0.05) is 18.2 Å². The number of rotatable bonds is 4. The van der Waals surface area contributed by atoms with E-state index in [1.807, 2.05) is 45.2 Å². The Morgan fingerprint density at radius 3 is 2.45 bits per heavy atom. The Kier molecular flexibility index (Phi) is 4.45. The smallest absolute Gasteiger partial charge is 0.243 e. The molecule has 0 atom stereocenters. The van der Waals surface area contributed by atoms with Crippen molar-refractivity contribution in [3.63, 3.8) is 0 Å². The third kappa shape index (κ3) is 3.02. The van der Waals surface area contributed by atoms with Crippen LogP contribution >= 0.6 is 11.6 Å². The van der Waals surface area contributed by atoms with Gasteiger partial charge < -0.3 is 0 Å². The highest BCUT2D eigenvalue weighted by Crippen LogP contribution is 2.25. The van der Waals surface area contributed by atoms with Gasteiger partial charge in [-0.15, -0.1) is 11.6 Å². The Labute approximate surface area is 124 Å². The summed E-state index contributed by atoms with van der Waals surface area (Å²) in [6.07, 6.45) is 3.68. The molecular weight excluding hydrogens is 274 g/mol. The number of anilines is 1. The standard InChI is InChI=1S/C15H18ClN3O/c1-11-8-17-18(9-11)10-19(14(20)7-16)15-12(2)5-4-6-13(15)3/h4-6,8-9H,7,10H2,1-3H3. The van der Waals surface area contributed by atoms with Crippen LogP contribution in [-0.4, -0.2) is 21.6 Å². The normalized spacial score (nSPS) is 10.6. The number of hydrogen-bond acceptors (Lipinski definition) is 2. The Bertz CT molecular complexity index is 601. The lowest BCUT2D eigenvalue weighted by Gasteiger charge is -2.25. The number of amides is 1. The highest BCUT2D eigenvalue weighted by molar-refractivity contribution is 6.29. The van der Waals surface area contributed by atoms with Gasteiger partial charge in [-0.3, -0.25) is 14.4 Å². The van der Waals surface area contributed by atoms with E-state index in [0.29, 0.717) is 6.67 Å². The molecule has 0 aliphatic heterocycles. The number of benzene rings is 1. The summed E-state index contributed by atoms with van der Waals surface area (Å²) in [7, 11) is 0. The van der Waals surface area contributed by atoms with Gasteiger partial charge in [-0.05, 0) is 37.5 Å². The molecule has 0 unspecified atom stereocenters. The number of carbonyl (C=O) groups excluding carboxylic acids is 1. The summed E-state index contributed by atoms with van der Waals surface area (Å²) in [6, 6.07) is 5.96. The van der Waals surface area contributed by atoms with Gasteiger partial charge in [0.25, 0.3) is 0 Å². The van der Waals surface area contributed by atoms with E-state index in [-0.39, 0.29) is 11.8 Å². The molecule has 0 aliphatic rings. The van der Waals surface area contributed by atoms with Crippen molar-refractivity contribution >= 4 is 23.2 Å². The van der Waals surface area contributed by atoms with Crippen molar-refractivity contribution in [1.82, 2.24) is 9.78 Å². The molecule has 0 radical (unpaired) electrons. The maximum absolute atomic E-state index is 12.2. The first-order valence-corrected chi connectivity index (χ1v) is 6.98. The predicted molar refractivity (Wildman–Crippen MR) is 81.1 cm³/mol. The van der Waals surface area contributed by atoms with Crippen molar-refractivity contribution in [3.8, 4) is 0 Å². The molecule has 0 fully saturated rings. The summed E-state index contributed by atoms with van der Waals surface area (Å²) in [4.78, 5) is 13.9. The van der Waals surface area contributed by atoms with Gasteiger partial charge in [-0.2, -0.15) is 5.10 Å². The number of carbonyl (C=O) groups is 1. The summed E-state index contributed by atoms with van der Waals surface area (Å²) < 4.78 is 1.74. The van der Waals surface area contributed by atoms with Crippen LogP contribution in [0.15, 0.2) is 30.6 Å². The molecule has 4 nitrogen and oxygen atoms in total. The average molecular weight is 292 g/mol. The Balaban J connectivity index is 2.40. The fourth-order valence-electron chi connectivity index (χ4n) is 2.27. The Morgan fingerprint density at radius 1 is 1.30 bits per heavy atom. The molecule has 0 spiro atoms. The van der Waals surface area contributed by atoms with Crippen LogP contribution in [-0.2, 0) is 11.5 Å². The highest BCUT2D eigenvalue weighted by atomic mass is 35.5. The minimum atomic E-state index is -0.128. The topological polar surface area (TPSA) is 38.1 Å². The van der Waals surface area contributed by atoms with E-state index >= 15 is 0 Å². The molecule has 0 saturated carbocycles. The number of aryl methyl sites for hydroxylation is 3. The second kappa shape index (κ2) is 6.09. The van der Waals surface area contributed by atoms with E-state index in [2.05, 4.69) is 5.10 Å². The maximum atomic E-state index is 12.2. The van der Waals surface area contributed by atoms with Crippen LogP contribution in [0.3, 0.4) is 0 Å². The van der Waals surface area contributed by atoms with Crippen molar-refractivity contribution in [3.05, 3.63) is 47.3 Å². The van der Waals surface area contributed by atoms with Crippen LogP contribution in [0.25, 0.3) is 0 Å². The van der Waals surface area contributed by atoms with E-state index in [9.17, 15) is 4.79 Å². The number of hydrogen-bond donors (Lipinski definition) is 0. The zero-order chi connectivity index (χ0) is 14.7. The molecule has 106 valence electrons. The van der Waals surface area contributed by atoms with Crippen LogP contribution in [0.2, 0.25) is 0 Å². The van der Waals surface area contributed by atoms with E-state index in [1.54, 1.807) is 15.8 Å². The molecule has 20 heavy (non-hydrogen) atoms. The Hall–Kier alpha value is -1.81. The van der Waals surface area contributed by atoms with E-state index in [4.69, 9.17) is 11.6 Å². The summed E-state index contributed by atoms with van der Waals surface area (Å²) >= 11 is 5.75. The van der Waals surface area contributed by atoms with Crippen molar-refractivity contribution in [2.24, 2.45) is 0 Å². The van der Waals surface area contributed by atoms with Gasteiger partial charge in [0.1, 0.15) is 12.5 Å². The summed E-state index contributed by atoms with van der Waals surface area (Å²) in [5.74, 6) is -0.175. The van der Waals surface area contributed by atoms with Crippen LogP contribution < -0.4 is 4.90 Å². The molecule has 2 aromatic rings.